The summed E-state index contributed by atoms with van der Waals surface area (Å²) in [5, 5.41) is 54.3. The minimum Gasteiger partial charge on any atom is -0.460 e. The van der Waals surface area contributed by atoms with Gasteiger partial charge in [-0.05, 0) is 51.2 Å². The predicted molar refractivity (Wildman–Crippen MR) is 200 cm³/mol. The van der Waals surface area contributed by atoms with Crippen LogP contribution in [-0.2, 0) is 59.0 Å². The van der Waals surface area contributed by atoms with E-state index in [0.29, 0.717) is 24.0 Å². The van der Waals surface area contributed by atoms with Crippen molar-refractivity contribution in [3.8, 4) is 0 Å². The average Bonchev–Trinajstić information content (AvgIpc) is 3.97. The fourth-order valence-electron chi connectivity index (χ4n) is 9.09. The number of amides is 2. The normalized spacial score (nSPS) is 36.0. The highest BCUT2D eigenvalue weighted by molar-refractivity contribution is 5.96. The van der Waals surface area contributed by atoms with Crippen molar-refractivity contribution >= 4 is 29.8 Å². The molecule has 1 aromatic carbocycles. The number of hydroxylamine groups is 2. The predicted octanol–water partition coefficient (Wildman–Crippen LogP) is -1.35. The Labute approximate surface area is 341 Å². The van der Waals surface area contributed by atoms with Gasteiger partial charge in [0.15, 0.2) is 12.3 Å². The number of esters is 2. The van der Waals surface area contributed by atoms with Gasteiger partial charge in [-0.1, -0.05) is 36.4 Å². The number of aliphatic hydroxyl groups excluding tert-OH is 5. The summed E-state index contributed by atoms with van der Waals surface area (Å²) < 4.78 is 34.2. The summed E-state index contributed by atoms with van der Waals surface area (Å²) in [7, 11) is 0. The summed E-state index contributed by atoms with van der Waals surface area (Å²) in [6.07, 6.45) is -5.85. The highest BCUT2D eigenvalue weighted by Crippen LogP contribution is 2.56. The minimum atomic E-state index is -1.58. The van der Waals surface area contributed by atoms with Crippen molar-refractivity contribution in [2.45, 2.75) is 138 Å². The lowest BCUT2D eigenvalue weighted by Crippen LogP contribution is -2.70. The summed E-state index contributed by atoms with van der Waals surface area (Å²) in [6, 6.07) is 4.38. The lowest BCUT2D eigenvalue weighted by Gasteiger charge is -2.50. The number of nitrogens with zero attached hydrogens (tertiary/aromatic N) is 2. The van der Waals surface area contributed by atoms with Crippen molar-refractivity contribution in [2.24, 2.45) is 5.41 Å². The van der Waals surface area contributed by atoms with E-state index in [4.69, 9.17) is 33.3 Å². The van der Waals surface area contributed by atoms with Crippen LogP contribution in [0.5, 0.6) is 0 Å². The quantitative estimate of drug-likeness (QED) is 0.119. The second-order valence-electron chi connectivity index (χ2n) is 16.9. The first-order chi connectivity index (χ1) is 28.2. The summed E-state index contributed by atoms with van der Waals surface area (Å²) in [6.45, 7) is 4.33. The van der Waals surface area contributed by atoms with Crippen molar-refractivity contribution in [1.29, 1.82) is 0 Å². The van der Waals surface area contributed by atoms with Crippen molar-refractivity contribution in [3.63, 3.8) is 0 Å². The maximum Gasteiger partial charge on any atom is 0.327 e. The zero-order chi connectivity index (χ0) is 42.2. The Bertz CT molecular complexity index is 1740. The molecule has 13 atom stereocenters. The van der Waals surface area contributed by atoms with Crippen LogP contribution in [0.3, 0.4) is 0 Å². The molecule has 2 amide bonds. The molecule has 59 heavy (non-hydrogen) atoms. The zero-order valence-corrected chi connectivity index (χ0v) is 33.3. The number of ether oxygens (including phenoxy) is 6. The molecule has 0 spiro atoms. The maximum atomic E-state index is 15.1. The van der Waals surface area contributed by atoms with Crippen LogP contribution in [0.1, 0.15) is 64.0 Å². The van der Waals surface area contributed by atoms with E-state index in [-0.39, 0.29) is 45.8 Å². The van der Waals surface area contributed by atoms with E-state index in [9.17, 15) is 39.9 Å². The van der Waals surface area contributed by atoms with E-state index in [1.54, 1.807) is 39.0 Å². The number of hydrogen-bond acceptors (Lipinski definition) is 17. The molecule has 7 rings (SSSR count). The van der Waals surface area contributed by atoms with Gasteiger partial charge in [0.1, 0.15) is 72.7 Å². The van der Waals surface area contributed by atoms with Crippen molar-refractivity contribution < 1.29 is 78.0 Å². The first-order valence-corrected chi connectivity index (χ1v) is 20.1. The van der Waals surface area contributed by atoms with Crippen molar-refractivity contribution in [1.82, 2.24) is 15.3 Å². The molecule has 1 aromatic rings. The molecule has 6 N–H and O–H groups in total. The van der Waals surface area contributed by atoms with Crippen LogP contribution in [0.4, 0.5) is 0 Å². The number of benzene rings is 1. The van der Waals surface area contributed by atoms with Gasteiger partial charge >= 0.3 is 11.9 Å². The van der Waals surface area contributed by atoms with Gasteiger partial charge in [0.05, 0.1) is 32.4 Å². The molecule has 19 heteroatoms. The van der Waals surface area contributed by atoms with Crippen LogP contribution < -0.4 is 5.32 Å². The number of fused-ring (bicyclic) bond motifs is 4. The average molecular weight is 834 g/mol. The molecule has 19 nitrogen and oxygen atoms in total. The molecule has 0 unspecified atom stereocenters. The summed E-state index contributed by atoms with van der Waals surface area (Å²) in [4.78, 5) is 63.5. The van der Waals surface area contributed by atoms with Gasteiger partial charge in [-0.3, -0.25) is 24.0 Å². The van der Waals surface area contributed by atoms with Crippen LogP contribution in [0.25, 0.3) is 6.08 Å². The minimum absolute atomic E-state index is 0.0291. The van der Waals surface area contributed by atoms with E-state index in [1.807, 2.05) is 18.2 Å². The number of nitrogens with one attached hydrogen (secondary N) is 1. The third-order valence-electron chi connectivity index (χ3n) is 11.9. The van der Waals surface area contributed by atoms with E-state index in [2.05, 4.69) is 5.32 Å². The standard InChI is InChI=1S/C40H55N3O16/c1-39(2,3)58-27(46)13-12-23(18-44)41-35(50)24-11-6-14-42(24)38(52)40-16-25-31-32(55-20-54-31)34(40)59-43(33(40)36(51)56-25)17-22-9-5-4-8-21(22)10-7-15-53-37-30(49)29(48)28(47)26(19-45)57-37/h4-5,7-10,23-26,28-34,37,44-45,47-49H,6,11-20H2,1-3H3,(H,41,50)/t23-,24+,25+,26+,28-,29-,30+,31-,32-,33-,34+,37-,40-/m0/s1. The van der Waals surface area contributed by atoms with Crippen LogP contribution in [0, 0.1) is 5.41 Å². The van der Waals surface area contributed by atoms with Gasteiger partial charge in [-0.15, -0.1) is 0 Å². The van der Waals surface area contributed by atoms with Gasteiger partial charge in [0.25, 0.3) is 0 Å². The number of carbonyl (C=O) groups is 4. The van der Waals surface area contributed by atoms with E-state index >= 15 is 4.79 Å². The lowest BCUT2D eigenvalue weighted by atomic mass is 9.62. The number of aliphatic hydroxyl groups is 5. The summed E-state index contributed by atoms with van der Waals surface area (Å²) in [5.74, 6) is -2.07. The molecule has 0 radical (unpaired) electrons. The fourth-order valence-corrected chi connectivity index (χ4v) is 9.09. The molecule has 326 valence electrons. The van der Waals surface area contributed by atoms with E-state index < -0.39 is 121 Å². The third-order valence-corrected chi connectivity index (χ3v) is 11.9. The topological polar surface area (TPSA) is 253 Å². The van der Waals surface area contributed by atoms with Crippen molar-refractivity contribution in [3.05, 3.63) is 41.5 Å². The first kappa shape index (κ1) is 43.5. The Hall–Kier alpha value is -3.60. The molecular formula is C40H55N3O16. The van der Waals surface area contributed by atoms with Crippen LogP contribution >= 0.6 is 0 Å². The SMILES string of the molecule is CC(C)(C)OC(=O)CC[C@@H](CO)NC(=O)[C@H]1CCCN1C(=O)[C@@]12C[C@H]3OC(=O)[C@@H]1N(Cc1ccccc1C=CCO[C@H]1O[C@H](CO)[C@H](O)[C@H](O)[C@H]1O)O[C@@H]2[C@H]1OCO[C@H]13. The first-order valence-electron chi connectivity index (χ1n) is 20.1. The van der Waals surface area contributed by atoms with Crippen LogP contribution in [-0.4, -0.2) is 171 Å². The van der Waals surface area contributed by atoms with Gasteiger partial charge in [-0.25, -0.2) is 0 Å². The van der Waals surface area contributed by atoms with Crippen LogP contribution in [0.2, 0.25) is 0 Å². The third kappa shape index (κ3) is 8.65. The molecule has 5 saturated heterocycles. The molecule has 5 heterocycles. The van der Waals surface area contributed by atoms with E-state index in [1.165, 1.54) is 9.96 Å². The molecule has 0 aromatic heterocycles. The molecular weight excluding hydrogens is 778 g/mol. The Morgan fingerprint density at radius 2 is 1.83 bits per heavy atom. The Morgan fingerprint density at radius 1 is 1.07 bits per heavy atom. The smallest absolute Gasteiger partial charge is 0.327 e. The second-order valence-corrected chi connectivity index (χ2v) is 16.9. The van der Waals surface area contributed by atoms with Gasteiger partial charge in [0, 0.05) is 19.4 Å². The number of rotatable bonds is 14. The van der Waals surface area contributed by atoms with Gasteiger partial charge in [-0.2, -0.15) is 5.06 Å². The Kier molecular flexibility index (Phi) is 13.1. The van der Waals surface area contributed by atoms with Crippen molar-refractivity contribution in [2.75, 3.05) is 33.2 Å². The Morgan fingerprint density at radius 3 is 2.58 bits per heavy atom. The van der Waals surface area contributed by atoms with Gasteiger partial charge in [0.2, 0.25) is 11.8 Å². The van der Waals surface area contributed by atoms with E-state index in [0.717, 1.165) is 0 Å². The molecule has 5 aliphatic heterocycles. The molecule has 1 aliphatic carbocycles. The monoisotopic (exact) mass is 833 g/mol. The fraction of sp³-hybridized carbons (Fsp3) is 0.700. The summed E-state index contributed by atoms with van der Waals surface area (Å²) in [5.41, 5.74) is -0.789. The summed E-state index contributed by atoms with van der Waals surface area (Å²) >= 11 is 0. The Balaban J connectivity index is 1.08. The number of carbonyl (C=O) groups excluding carboxylic acids is 4. The molecule has 2 bridgehead atoms. The number of likely N-dealkylation sites (tertiary alicyclic amines) is 1. The number of hydrogen-bond donors (Lipinski definition) is 6. The lowest BCUT2D eigenvalue weighted by molar-refractivity contribution is -0.298. The van der Waals surface area contributed by atoms with Gasteiger partial charge < -0.3 is 64.2 Å². The molecule has 1 saturated carbocycles. The highest BCUT2D eigenvalue weighted by Gasteiger charge is 2.75. The largest absolute Gasteiger partial charge is 0.460 e. The highest BCUT2D eigenvalue weighted by atomic mass is 16.8. The molecule has 6 aliphatic rings. The second kappa shape index (κ2) is 17.8. The molecule has 6 fully saturated rings. The zero-order valence-electron chi connectivity index (χ0n) is 33.3. The van der Waals surface area contributed by atoms with Crippen LogP contribution in [0.15, 0.2) is 30.3 Å². The maximum absolute atomic E-state index is 15.1.